The topological polar surface area (TPSA) is 52.4 Å². The number of nitrogens with zero attached hydrogens (tertiary/aromatic N) is 1. The fourth-order valence-corrected chi connectivity index (χ4v) is 1.16. The molecule has 0 N–H and O–H groups in total. The quantitative estimate of drug-likeness (QED) is 0.451. The van der Waals surface area contributed by atoms with Crippen molar-refractivity contribution in [1.82, 2.24) is 0 Å². The van der Waals surface area contributed by atoms with Gasteiger partial charge in [-0.15, -0.1) is 5.92 Å². The first-order valence-electron chi connectivity index (χ1n) is 4.11. The summed E-state index contributed by atoms with van der Waals surface area (Å²) in [6, 6.07) is 4.19. The Labute approximate surface area is 92.0 Å². The van der Waals surface area contributed by atoms with Crippen molar-refractivity contribution in [1.29, 1.82) is 0 Å². The highest BCUT2D eigenvalue weighted by Crippen LogP contribution is 2.28. The third kappa shape index (κ3) is 3.15. The van der Waals surface area contributed by atoms with Crippen LogP contribution in [0.2, 0.25) is 5.02 Å². The van der Waals surface area contributed by atoms with E-state index in [0.717, 1.165) is 0 Å². The van der Waals surface area contributed by atoms with Gasteiger partial charge in [0.25, 0.3) is 5.69 Å². The van der Waals surface area contributed by atoms with Crippen LogP contribution < -0.4 is 4.74 Å². The standard InChI is InChI=1S/C10H8ClNO3/c1-2-3-6-15-8-4-5-10(12(13)14)9(11)7-8/h4-5,7H,6H2,1H3. The summed E-state index contributed by atoms with van der Waals surface area (Å²) in [6.07, 6.45) is 0. The molecule has 0 saturated heterocycles. The van der Waals surface area contributed by atoms with Crippen LogP contribution in [0, 0.1) is 22.0 Å². The molecule has 0 aliphatic carbocycles. The van der Waals surface area contributed by atoms with Crippen molar-refractivity contribution < 1.29 is 9.66 Å². The molecule has 0 atom stereocenters. The van der Waals surface area contributed by atoms with E-state index in [0.29, 0.717) is 5.75 Å². The van der Waals surface area contributed by atoms with E-state index in [-0.39, 0.29) is 17.3 Å². The molecule has 0 bridgehead atoms. The minimum atomic E-state index is -0.544. The summed E-state index contributed by atoms with van der Waals surface area (Å²) in [6.45, 7) is 1.94. The largest absolute Gasteiger partial charge is 0.481 e. The lowest BCUT2D eigenvalue weighted by atomic mass is 10.3. The Hall–Kier alpha value is -1.73. The summed E-state index contributed by atoms with van der Waals surface area (Å²) in [7, 11) is 0. The Kier molecular flexibility index (Phi) is 3.95. The van der Waals surface area contributed by atoms with Crippen molar-refractivity contribution in [2.45, 2.75) is 6.92 Å². The molecule has 0 heterocycles. The normalized spacial score (nSPS) is 8.93. The molecule has 4 nitrogen and oxygen atoms in total. The summed E-state index contributed by atoms with van der Waals surface area (Å²) >= 11 is 5.68. The van der Waals surface area contributed by atoms with Gasteiger partial charge in [-0.2, -0.15) is 0 Å². The van der Waals surface area contributed by atoms with Crippen molar-refractivity contribution in [3.05, 3.63) is 33.3 Å². The van der Waals surface area contributed by atoms with E-state index in [1.54, 1.807) is 6.92 Å². The van der Waals surface area contributed by atoms with Crippen LogP contribution in [0.1, 0.15) is 6.92 Å². The first-order chi connectivity index (χ1) is 7.15. The summed E-state index contributed by atoms with van der Waals surface area (Å²) in [5.41, 5.74) is -0.134. The number of rotatable bonds is 3. The maximum Gasteiger partial charge on any atom is 0.288 e. The van der Waals surface area contributed by atoms with Gasteiger partial charge in [-0.3, -0.25) is 10.1 Å². The third-order valence-electron chi connectivity index (χ3n) is 1.60. The maximum absolute atomic E-state index is 10.5. The van der Waals surface area contributed by atoms with Crippen LogP contribution in [0.4, 0.5) is 5.69 Å². The van der Waals surface area contributed by atoms with Crippen molar-refractivity contribution in [3.8, 4) is 17.6 Å². The van der Waals surface area contributed by atoms with Gasteiger partial charge in [0.05, 0.1) is 4.92 Å². The molecule has 0 aliphatic rings. The maximum atomic E-state index is 10.5. The second-order valence-corrected chi connectivity index (χ2v) is 2.99. The van der Waals surface area contributed by atoms with E-state index in [4.69, 9.17) is 16.3 Å². The monoisotopic (exact) mass is 225 g/mol. The molecule has 0 saturated carbocycles. The molecule has 0 fully saturated rings. The van der Waals surface area contributed by atoms with Crippen LogP contribution in [0.25, 0.3) is 0 Å². The average Bonchev–Trinajstić information content (AvgIpc) is 2.17. The molecule has 5 heteroatoms. The lowest BCUT2D eigenvalue weighted by Gasteiger charge is -2.02. The van der Waals surface area contributed by atoms with E-state index in [1.165, 1.54) is 18.2 Å². The Balaban J connectivity index is 2.80. The van der Waals surface area contributed by atoms with E-state index < -0.39 is 4.92 Å². The van der Waals surface area contributed by atoms with E-state index in [9.17, 15) is 10.1 Å². The molecule has 0 aromatic heterocycles. The van der Waals surface area contributed by atoms with Gasteiger partial charge in [-0.1, -0.05) is 17.5 Å². The molecule has 15 heavy (non-hydrogen) atoms. The molecule has 0 unspecified atom stereocenters. The SMILES string of the molecule is CC#CCOc1ccc([N+](=O)[O-])c(Cl)c1. The number of nitro benzene ring substituents is 1. The molecule has 78 valence electrons. The Morgan fingerprint density at radius 2 is 2.33 bits per heavy atom. The van der Waals surface area contributed by atoms with Gasteiger partial charge in [-0.25, -0.2) is 0 Å². The lowest BCUT2D eigenvalue weighted by Crippen LogP contribution is -1.95. The predicted octanol–water partition coefficient (Wildman–Crippen LogP) is 2.65. The molecule has 0 spiro atoms. The third-order valence-corrected chi connectivity index (χ3v) is 1.91. The molecule has 1 aromatic rings. The molecule has 1 aromatic carbocycles. The van der Waals surface area contributed by atoms with Crippen molar-refractivity contribution in [2.24, 2.45) is 0 Å². The molecule has 1 rings (SSSR count). The molecular weight excluding hydrogens is 218 g/mol. The highest BCUT2D eigenvalue weighted by atomic mass is 35.5. The van der Waals surface area contributed by atoms with Gasteiger partial charge in [0, 0.05) is 12.1 Å². The van der Waals surface area contributed by atoms with Gasteiger partial charge in [0.1, 0.15) is 17.4 Å². The summed E-state index contributed by atoms with van der Waals surface area (Å²) in [5.74, 6) is 5.84. The number of benzene rings is 1. The lowest BCUT2D eigenvalue weighted by molar-refractivity contribution is -0.384. The van der Waals surface area contributed by atoms with Crippen LogP contribution in [-0.4, -0.2) is 11.5 Å². The smallest absolute Gasteiger partial charge is 0.288 e. The minimum Gasteiger partial charge on any atom is -0.481 e. The number of nitro groups is 1. The number of hydrogen-bond acceptors (Lipinski definition) is 3. The molecule has 0 radical (unpaired) electrons. The first kappa shape index (κ1) is 11.3. The highest BCUT2D eigenvalue weighted by molar-refractivity contribution is 6.32. The predicted molar refractivity (Wildman–Crippen MR) is 57.1 cm³/mol. The van der Waals surface area contributed by atoms with E-state index in [1.807, 2.05) is 0 Å². The summed E-state index contributed by atoms with van der Waals surface area (Å²) in [4.78, 5) is 9.91. The van der Waals surface area contributed by atoms with Crippen LogP contribution >= 0.6 is 11.6 Å². The van der Waals surface area contributed by atoms with Crippen LogP contribution in [0.3, 0.4) is 0 Å². The van der Waals surface area contributed by atoms with Crippen molar-refractivity contribution in [2.75, 3.05) is 6.61 Å². The number of ether oxygens (including phenoxy) is 1. The second-order valence-electron chi connectivity index (χ2n) is 2.59. The Bertz CT molecular complexity index is 434. The summed E-state index contributed by atoms with van der Waals surface area (Å²) < 4.78 is 5.18. The number of hydrogen-bond donors (Lipinski definition) is 0. The van der Waals surface area contributed by atoms with Gasteiger partial charge in [0.15, 0.2) is 0 Å². The van der Waals surface area contributed by atoms with Crippen molar-refractivity contribution in [3.63, 3.8) is 0 Å². The zero-order valence-corrected chi connectivity index (χ0v) is 8.75. The van der Waals surface area contributed by atoms with Gasteiger partial charge >= 0.3 is 0 Å². The fraction of sp³-hybridized carbons (Fsp3) is 0.200. The molecule has 0 amide bonds. The zero-order valence-electron chi connectivity index (χ0n) is 7.99. The highest BCUT2D eigenvalue weighted by Gasteiger charge is 2.12. The van der Waals surface area contributed by atoms with E-state index >= 15 is 0 Å². The van der Waals surface area contributed by atoms with Gasteiger partial charge in [-0.05, 0) is 13.0 Å². The first-order valence-corrected chi connectivity index (χ1v) is 4.49. The molecule has 0 aliphatic heterocycles. The number of halogens is 1. The zero-order chi connectivity index (χ0) is 11.3. The van der Waals surface area contributed by atoms with E-state index in [2.05, 4.69) is 11.8 Å². The Morgan fingerprint density at radius 1 is 1.60 bits per heavy atom. The van der Waals surface area contributed by atoms with Gasteiger partial charge < -0.3 is 4.74 Å². The van der Waals surface area contributed by atoms with Crippen LogP contribution in [-0.2, 0) is 0 Å². The average molecular weight is 226 g/mol. The van der Waals surface area contributed by atoms with Crippen LogP contribution in [0.15, 0.2) is 18.2 Å². The van der Waals surface area contributed by atoms with Gasteiger partial charge in [0.2, 0.25) is 0 Å². The minimum absolute atomic E-state index is 0.0574. The van der Waals surface area contributed by atoms with Crippen LogP contribution in [0.5, 0.6) is 5.75 Å². The fourth-order valence-electron chi connectivity index (χ4n) is 0.917. The Morgan fingerprint density at radius 3 is 2.87 bits per heavy atom. The second kappa shape index (κ2) is 5.23. The van der Waals surface area contributed by atoms with Crippen molar-refractivity contribution >= 4 is 17.3 Å². The molecular formula is C10H8ClNO3. The summed E-state index contributed by atoms with van der Waals surface area (Å²) in [5, 5.41) is 10.5.